The molecule has 3 atom stereocenters. The topological polar surface area (TPSA) is 18.5 Å². The van der Waals surface area contributed by atoms with Crippen molar-refractivity contribution in [3.63, 3.8) is 0 Å². The lowest BCUT2D eigenvalue weighted by Gasteiger charge is -2.42. The summed E-state index contributed by atoms with van der Waals surface area (Å²) in [7, 11) is -1.92. The van der Waals surface area contributed by atoms with E-state index in [0.717, 1.165) is 12.8 Å². The highest BCUT2D eigenvalue weighted by Gasteiger charge is 2.40. The van der Waals surface area contributed by atoms with Gasteiger partial charge >= 0.3 is 0 Å². The van der Waals surface area contributed by atoms with Crippen molar-refractivity contribution in [2.24, 2.45) is 5.92 Å². The predicted octanol–water partition coefficient (Wildman–Crippen LogP) is 12.0. The molecule has 1 aromatic carbocycles. The van der Waals surface area contributed by atoms with Gasteiger partial charge in [-0.3, -0.25) is 0 Å². The van der Waals surface area contributed by atoms with Gasteiger partial charge in [0.05, 0.1) is 18.8 Å². The maximum absolute atomic E-state index is 7.17. The van der Waals surface area contributed by atoms with Crippen LogP contribution in [-0.2, 0) is 15.8 Å². The monoisotopic (exact) mass is 558 g/mol. The van der Waals surface area contributed by atoms with Crippen LogP contribution in [0, 0.1) is 5.92 Å². The molecule has 0 heterocycles. The molecule has 0 spiro atoms. The second-order valence-corrected chi connectivity index (χ2v) is 18.2. The second kappa shape index (κ2) is 20.9. The van der Waals surface area contributed by atoms with E-state index in [9.17, 15) is 0 Å². The van der Waals surface area contributed by atoms with Crippen LogP contribution in [0.25, 0.3) is 0 Å². The van der Waals surface area contributed by atoms with Crippen LogP contribution >= 0.6 is 0 Å². The van der Waals surface area contributed by atoms with E-state index in [2.05, 4.69) is 90.7 Å². The van der Waals surface area contributed by atoms with Gasteiger partial charge in [-0.15, -0.1) is 6.58 Å². The predicted molar refractivity (Wildman–Crippen MR) is 176 cm³/mol. The molecule has 0 unspecified atom stereocenters. The van der Waals surface area contributed by atoms with E-state index in [0.29, 0.717) is 12.5 Å². The van der Waals surface area contributed by atoms with Gasteiger partial charge in [-0.25, -0.2) is 0 Å². The number of ether oxygens (including phenoxy) is 1. The summed E-state index contributed by atoms with van der Waals surface area (Å²) in [4.78, 5) is 0. The van der Waals surface area contributed by atoms with Crippen LogP contribution in [0.5, 0.6) is 0 Å². The highest BCUT2D eigenvalue weighted by Crippen LogP contribution is 2.39. The molecular weight excluding hydrogens is 492 g/mol. The normalized spacial score (nSPS) is 14.7. The molecule has 226 valence electrons. The summed E-state index contributed by atoms with van der Waals surface area (Å²) >= 11 is 0. The summed E-state index contributed by atoms with van der Waals surface area (Å²) in [6, 6.07) is 10.7. The molecule has 1 rings (SSSR count). The van der Waals surface area contributed by atoms with Crippen LogP contribution in [0.15, 0.2) is 43.0 Å². The molecule has 0 aliphatic rings. The molecular formula is C36H66O2Si. The standard InChI is InChI=1S/C36H66O2Si/c1-9-12-14-16-17-18-19-20-25-29-34(37-31-32-26-22-21-23-27-32)30-35(38-39(7,8)36(4,5)6)33(11-3)28-24-15-13-10-2/h11,21-23,26-27,33-35H,3,9-10,12-20,24-25,28-31H2,1-2,4-8H3/t33-,34+,35-/m0/s1. The zero-order chi connectivity index (χ0) is 29.0. The summed E-state index contributed by atoms with van der Waals surface area (Å²) in [6.45, 7) is 21.4. The first-order chi connectivity index (χ1) is 18.6. The molecule has 0 saturated heterocycles. The van der Waals surface area contributed by atoms with Crippen molar-refractivity contribution in [2.75, 3.05) is 0 Å². The Balaban J connectivity index is 2.88. The van der Waals surface area contributed by atoms with Gasteiger partial charge in [0.15, 0.2) is 8.32 Å². The Morgan fingerprint density at radius 3 is 1.82 bits per heavy atom. The van der Waals surface area contributed by atoms with Gasteiger partial charge in [-0.2, -0.15) is 0 Å². The van der Waals surface area contributed by atoms with E-state index >= 15 is 0 Å². The summed E-state index contributed by atoms with van der Waals surface area (Å²) < 4.78 is 13.8. The first-order valence-electron chi connectivity index (χ1n) is 16.6. The summed E-state index contributed by atoms with van der Waals surface area (Å²) in [5.41, 5.74) is 1.26. The zero-order valence-electron chi connectivity index (χ0n) is 27.2. The quantitative estimate of drug-likeness (QED) is 0.0713. The van der Waals surface area contributed by atoms with Gasteiger partial charge in [0, 0.05) is 5.92 Å². The molecule has 0 saturated carbocycles. The number of unbranched alkanes of at least 4 members (excludes halogenated alkanes) is 11. The van der Waals surface area contributed by atoms with Crippen molar-refractivity contribution in [1.82, 2.24) is 0 Å². The third kappa shape index (κ3) is 16.2. The fraction of sp³-hybridized carbons (Fsp3) is 0.778. The van der Waals surface area contributed by atoms with Crippen molar-refractivity contribution in [3.8, 4) is 0 Å². The Morgan fingerprint density at radius 2 is 1.28 bits per heavy atom. The maximum atomic E-state index is 7.17. The van der Waals surface area contributed by atoms with Gasteiger partial charge < -0.3 is 9.16 Å². The van der Waals surface area contributed by atoms with Crippen LogP contribution in [0.1, 0.15) is 143 Å². The minimum atomic E-state index is -1.92. The molecule has 39 heavy (non-hydrogen) atoms. The molecule has 3 heteroatoms. The fourth-order valence-corrected chi connectivity index (χ4v) is 6.51. The van der Waals surface area contributed by atoms with Crippen LogP contribution < -0.4 is 0 Å². The fourth-order valence-electron chi connectivity index (χ4n) is 5.13. The summed E-state index contributed by atoms with van der Waals surface area (Å²) in [5, 5.41) is 0.191. The minimum Gasteiger partial charge on any atom is -0.413 e. The van der Waals surface area contributed by atoms with E-state index in [-0.39, 0.29) is 17.2 Å². The van der Waals surface area contributed by atoms with Gasteiger partial charge in [0.2, 0.25) is 0 Å². The Labute approximate surface area is 245 Å². The lowest BCUT2D eigenvalue weighted by atomic mass is 9.90. The first kappa shape index (κ1) is 36.1. The molecule has 0 aliphatic heterocycles. The highest BCUT2D eigenvalue weighted by molar-refractivity contribution is 6.74. The van der Waals surface area contributed by atoms with E-state index in [1.54, 1.807) is 0 Å². The van der Waals surface area contributed by atoms with Crippen molar-refractivity contribution in [1.29, 1.82) is 0 Å². The van der Waals surface area contributed by atoms with Crippen LogP contribution in [-0.4, -0.2) is 20.5 Å². The SMILES string of the molecule is C=C[C@@H](CCCCCC)[C@H](C[C@@H](CCCCCCCCCCC)OCc1ccccc1)O[Si](C)(C)C(C)(C)C. The van der Waals surface area contributed by atoms with E-state index in [1.807, 2.05) is 0 Å². The van der Waals surface area contributed by atoms with E-state index in [1.165, 1.54) is 95.5 Å². The third-order valence-electron chi connectivity index (χ3n) is 8.88. The third-order valence-corrected chi connectivity index (χ3v) is 13.4. The van der Waals surface area contributed by atoms with Gasteiger partial charge in [0.1, 0.15) is 0 Å². The molecule has 0 bridgehead atoms. The summed E-state index contributed by atoms with van der Waals surface area (Å²) in [6.07, 6.45) is 23.3. The van der Waals surface area contributed by atoms with E-state index < -0.39 is 8.32 Å². The van der Waals surface area contributed by atoms with Crippen molar-refractivity contribution in [3.05, 3.63) is 48.6 Å². The molecule has 0 radical (unpaired) electrons. The lowest BCUT2D eigenvalue weighted by molar-refractivity contribution is -0.00870. The van der Waals surface area contributed by atoms with Gasteiger partial charge in [-0.1, -0.05) is 154 Å². The van der Waals surface area contributed by atoms with E-state index in [4.69, 9.17) is 9.16 Å². The van der Waals surface area contributed by atoms with Crippen molar-refractivity contribution in [2.45, 2.75) is 174 Å². The lowest BCUT2D eigenvalue weighted by Crippen LogP contribution is -2.46. The van der Waals surface area contributed by atoms with Crippen LogP contribution in [0.3, 0.4) is 0 Å². The highest BCUT2D eigenvalue weighted by atomic mass is 28.4. The molecule has 0 fully saturated rings. The Morgan fingerprint density at radius 1 is 0.769 bits per heavy atom. The average molecular weight is 559 g/mol. The van der Waals surface area contributed by atoms with Crippen molar-refractivity contribution >= 4 is 8.32 Å². The molecule has 0 aliphatic carbocycles. The number of hydrogen-bond acceptors (Lipinski definition) is 2. The van der Waals surface area contributed by atoms with Gasteiger partial charge in [0.25, 0.3) is 0 Å². The molecule has 2 nitrogen and oxygen atoms in total. The average Bonchev–Trinajstić information content (AvgIpc) is 2.90. The van der Waals surface area contributed by atoms with Crippen molar-refractivity contribution < 1.29 is 9.16 Å². The smallest absolute Gasteiger partial charge is 0.192 e. The Hall–Kier alpha value is -0.903. The minimum absolute atomic E-state index is 0.185. The molecule has 1 aromatic rings. The number of benzene rings is 1. The van der Waals surface area contributed by atoms with Crippen LogP contribution in [0.4, 0.5) is 0 Å². The molecule has 0 aromatic heterocycles. The van der Waals surface area contributed by atoms with Crippen LogP contribution in [0.2, 0.25) is 18.1 Å². The Bertz CT molecular complexity index is 709. The van der Waals surface area contributed by atoms with Gasteiger partial charge in [-0.05, 0) is 43.0 Å². The Kier molecular flexibility index (Phi) is 19.4. The molecule has 0 amide bonds. The maximum Gasteiger partial charge on any atom is 0.192 e. The zero-order valence-corrected chi connectivity index (χ0v) is 28.2. The largest absolute Gasteiger partial charge is 0.413 e. The molecule has 0 N–H and O–H groups in total. The second-order valence-electron chi connectivity index (χ2n) is 13.4. The first-order valence-corrected chi connectivity index (χ1v) is 19.5. The number of rotatable bonds is 24. The summed E-state index contributed by atoms with van der Waals surface area (Å²) in [5.74, 6) is 0.391. The number of hydrogen-bond donors (Lipinski definition) is 0.